The highest BCUT2D eigenvalue weighted by molar-refractivity contribution is 6.09. The van der Waals surface area contributed by atoms with Crippen LogP contribution >= 0.6 is 0 Å². The maximum Gasteiger partial charge on any atom is 0.332 e. The van der Waals surface area contributed by atoms with Gasteiger partial charge in [0.2, 0.25) is 5.69 Å². The summed E-state index contributed by atoms with van der Waals surface area (Å²) in [7, 11) is 0. The van der Waals surface area contributed by atoms with Crippen molar-refractivity contribution in [3.63, 3.8) is 0 Å². The van der Waals surface area contributed by atoms with Crippen LogP contribution in [0.1, 0.15) is 5.69 Å². The molecule has 0 unspecified atom stereocenters. The summed E-state index contributed by atoms with van der Waals surface area (Å²) in [5.41, 5.74) is 4.14. The Morgan fingerprint density at radius 3 is 3.09 bits per heavy atom. The molecule has 0 spiro atoms. The van der Waals surface area contributed by atoms with Crippen LogP contribution in [0.2, 0.25) is 0 Å². The van der Waals surface area contributed by atoms with Gasteiger partial charge in [-0.15, -0.1) is 0 Å². The van der Waals surface area contributed by atoms with Crippen LogP contribution in [0.5, 0.6) is 0 Å². The topological polar surface area (TPSA) is 33.2 Å². The van der Waals surface area contributed by atoms with Crippen molar-refractivity contribution in [1.29, 1.82) is 0 Å². The molecule has 0 atom stereocenters. The van der Waals surface area contributed by atoms with Crippen LogP contribution in [0.4, 0.5) is 11.4 Å². The molecule has 0 saturated carbocycles. The molecule has 0 bridgehead atoms. The van der Waals surface area contributed by atoms with Crippen molar-refractivity contribution in [3.8, 4) is 0 Å². The van der Waals surface area contributed by atoms with Crippen LogP contribution in [0.15, 0.2) is 47.5 Å². The molecule has 0 N–H and O–H groups in total. The summed E-state index contributed by atoms with van der Waals surface area (Å²) in [6.45, 7) is 0. The lowest BCUT2D eigenvalue weighted by atomic mass is 10.2. The number of aliphatic imine (C=N–C) groups is 1. The number of hydrogen-bond acceptors (Lipinski definition) is 2. The Bertz CT molecular complexity index is 1050. The van der Waals surface area contributed by atoms with E-state index in [9.17, 15) is 0 Å². The molecule has 3 heterocycles. The summed E-state index contributed by atoms with van der Waals surface area (Å²) in [6.07, 6.45) is 15.4. The third-order valence-electron chi connectivity index (χ3n) is 4.10. The predicted octanol–water partition coefficient (Wildman–Crippen LogP) is 1.50. The summed E-state index contributed by atoms with van der Waals surface area (Å²) < 4.78 is 4.23. The molecule has 0 saturated heterocycles. The zero-order chi connectivity index (χ0) is 14.5. The van der Waals surface area contributed by atoms with Gasteiger partial charge < -0.3 is 0 Å². The minimum atomic E-state index is 0.883. The second kappa shape index (κ2) is 4.24. The van der Waals surface area contributed by atoms with E-state index in [0.717, 1.165) is 40.2 Å². The second-order valence-electron chi connectivity index (χ2n) is 5.43. The Labute approximate surface area is 127 Å². The Morgan fingerprint density at radius 2 is 2.09 bits per heavy atom. The lowest BCUT2D eigenvalue weighted by molar-refractivity contribution is -0.289. The average molecular weight is 285 g/mol. The van der Waals surface area contributed by atoms with E-state index in [-0.39, 0.29) is 0 Å². The molecule has 0 fully saturated rings. The number of para-hydroxylation sites is 2. The zero-order valence-corrected chi connectivity index (χ0v) is 11.8. The number of rotatable bonds is 0. The second-order valence-corrected chi connectivity index (χ2v) is 5.43. The van der Waals surface area contributed by atoms with Crippen molar-refractivity contribution < 1.29 is 4.58 Å². The van der Waals surface area contributed by atoms with Crippen LogP contribution in [-0.2, 0) is 6.42 Å². The Balaban J connectivity index is 1.80. The first kappa shape index (κ1) is 11.6. The quantitative estimate of drug-likeness (QED) is 0.675. The number of hydrogen-bond donors (Lipinski definition) is 0. The summed E-state index contributed by atoms with van der Waals surface area (Å²) in [5.74, 6) is 0.905. The molecule has 2 aromatic rings. The SMILES string of the molecule is C1=CCc2n/c3n(c2=C1)/C=C\C=[N+]1/C(=Nc2ccccc21)/C=3. The Morgan fingerprint density at radius 1 is 1.14 bits per heavy atom. The summed E-state index contributed by atoms with van der Waals surface area (Å²) in [5, 5.41) is 1.16. The lowest BCUT2D eigenvalue weighted by Crippen LogP contribution is -2.27. The maximum absolute atomic E-state index is 4.77. The predicted molar refractivity (Wildman–Crippen MR) is 88.1 cm³/mol. The zero-order valence-electron chi connectivity index (χ0n) is 11.8. The van der Waals surface area contributed by atoms with Gasteiger partial charge in [-0.3, -0.25) is 4.57 Å². The van der Waals surface area contributed by atoms with Gasteiger partial charge in [-0.05, 0) is 29.3 Å². The third kappa shape index (κ3) is 1.55. The van der Waals surface area contributed by atoms with E-state index < -0.39 is 0 Å². The molecular weight excluding hydrogens is 272 g/mol. The van der Waals surface area contributed by atoms with Gasteiger partial charge in [0.15, 0.2) is 5.69 Å². The highest BCUT2D eigenvalue weighted by Crippen LogP contribution is 2.33. The fourth-order valence-corrected chi connectivity index (χ4v) is 3.08. The van der Waals surface area contributed by atoms with Crippen molar-refractivity contribution in [2.45, 2.75) is 6.42 Å². The van der Waals surface area contributed by atoms with E-state index in [2.05, 4.69) is 45.9 Å². The summed E-state index contributed by atoms with van der Waals surface area (Å²) in [6, 6.07) is 8.17. The number of fused-ring (bicyclic) bond motifs is 6. The van der Waals surface area contributed by atoms with E-state index in [1.54, 1.807) is 0 Å². The standard InChI is InChI=1S/C18H13N4/c1-3-8-15-13(6-1)19-17-12-18-20-14-7-2-4-9-16(14)22(18)11-5-10-21(15)17/h1-6,8-12H,7H2/q+1/b18-12+. The van der Waals surface area contributed by atoms with Crippen LogP contribution < -0.4 is 10.8 Å². The summed E-state index contributed by atoms with van der Waals surface area (Å²) in [4.78, 5) is 9.49. The molecule has 1 aromatic heterocycles. The first-order valence-electron chi connectivity index (χ1n) is 7.34. The molecule has 1 aliphatic carbocycles. The van der Waals surface area contributed by atoms with Crippen molar-refractivity contribution in [3.05, 3.63) is 59.0 Å². The smallest absolute Gasteiger partial charge is 0.300 e. The lowest BCUT2D eigenvalue weighted by Gasteiger charge is -2.01. The van der Waals surface area contributed by atoms with Crippen LogP contribution in [0, 0.1) is 0 Å². The molecule has 1 aromatic carbocycles. The molecule has 4 heteroatoms. The molecule has 3 aliphatic rings. The number of imidazole rings is 1. The first-order chi connectivity index (χ1) is 10.9. The Hall–Kier alpha value is -3.01. The molecule has 22 heavy (non-hydrogen) atoms. The van der Waals surface area contributed by atoms with Crippen molar-refractivity contribution in [2.24, 2.45) is 4.99 Å². The Kier molecular flexibility index (Phi) is 2.24. The monoisotopic (exact) mass is 285 g/mol. The molecule has 104 valence electrons. The van der Waals surface area contributed by atoms with Gasteiger partial charge >= 0.3 is 5.84 Å². The minimum absolute atomic E-state index is 0.883. The molecule has 0 amide bonds. The molecular formula is C18H13N4+. The molecule has 4 nitrogen and oxygen atoms in total. The van der Waals surface area contributed by atoms with Crippen molar-refractivity contribution in [2.75, 3.05) is 0 Å². The largest absolute Gasteiger partial charge is 0.332 e. The molecule has 2 aliphatic heterocycles. The van der Waals surface area contributed by atoms with E-state index in [1.807, 2.05) is 30.4 Å². The van der Waals surface area contributed by atoms with Crippen LogP contribution in [0.3, 0.4) is 0 Å². The van der Waals surface area contributed by atoms with Gasteiger partial charge in [-0.2, -0.15) is 4.58 Å². The highest BCUT2D eigenvalue weighted by Gasteiger charge is 2.28. The van der Waals surface area contributed by atoms with E-state index >= 15 is 0 Å². The number of aromatic nitrogens is 2. The number of amidine groups is 1. The van der Waals surface area contributed by atoms with Gasteiger partial charge in [-0.25, -0.2) is 4.98 Å². The van der Waals surface area contributed by atoms with Crippen molar-refractivity contribution >= 4 is 41.8 Å². The number of nitrogens with zero attached hydrogens (tertiary/aromatic N) is 4. The van der Waals surface area contributed by atoms with Gasteiger partial charge in [0.1, 0.15) is 5.48 Å². The van der Waals surface area contributed by atoms with E-state index in [4.69, 9.17) is 9.98 Å². The van der Waals surface area contributed by atoms with Gasteiger partial charge in [-0.1, -0.05) is 24.3 Å². The van der Waals surface area contributed by atoms with Gasteiger partial charge in [0, 0.05) is 12.6 Å². The normalized spacial score (nSPS) is 22.3. The third-order valence-corrected chi connectivity index (χ3v) is 4.10. The van der Waals surface area contributed by atoms with E-state index in [0.29, 0.717) is 0 Å². The highest BCUT2D eigenvalue weighted by atomic mass is 15.2. The fourth-order valence-electron chi connectivity index (χ4n) is 3.08. The average Bonchev–Trinajstić information content (AvgIpc) is 3.04. The first-order valence-corrected chi connectivity index (χ1v) is 7.34. The van der Waals surface area contributed by atoms with Crippen LogP contribution in [-0.4, -0.2) is 26.2 Å². The summed E-state index contributed by atoms with van der Waals surface area (Å²) >= 11 is 0. The van der Waals surface area contributed by atoms with Gasteiger partial charge in [0.25, 0.3) is 0 Å². The van der Waals surface area contributed by atoms with Crippen LogP contribution in [0.25, 0.3) is 18.4 Å². The molecule has 0 radical (unpaired) electrons. The van der Waals surface area contributed by atoms with Crippen molar-refractivity contribution in [1.82, 2.24) is 9.55 Å². The number of allylic oxidation sites excluding steroid dienone is 3. The maximum atomic E-state index is 4.77. The minimum Gasteiger partial charge on any atom is -0.300 e. The fraction of sp³-hybridized carbons (Fsp3) is 0.0556. The van der Waals surface area contributed by atoms with E-state index in [1.165, 1.54) is 0 Å². The van der Waals surface area contributed by atoms with Gasteiger partial charge in [0.05, 0.1) is 23.3 Å². The number of benzene rings is 1. The molecule has 5 rings (SSSR count).